The van der Waals surface area contributed by atoms with Crippen LogP contribution in [0.15, 0.2) is 12.2 Å². The summed E-state index contributed by atoms with van der Waals surface area (Å²) in [6, 6.07) is 0.574. The molecule has 1 unspecified atom stereocenters. The van der Waals surface area contributed by atoms with E-state index < -0.39 is 5.97 Å². The van der Waals surface area contributed by atoms with Gasteiger partial charge >= 0.3 is 5.97 Å². The number of rotatable bonds is 3. The van der Waals surface area contributed by atoms with Gasteiger partial charge in [-0.1, -0.05) is 25.0 Å². The van der Waals surface area contributed by atoms with Crippen molar-refractivity contribution >= 4 is 5.97 Å². The van der Waals surface area contributed by atoms with Gasteiger partial charge in [-0.15, -0.1) is 0 Å². The third-order valence-electron chi connectivity index (χ3n) is 4.18. The Morgan fingerprint density at radius 2 is 2.00 bits per heavy atom. The lowest BCUT2D eigenvalue weighted by atomic mass is 10.0. The standard InChI is InChI=1S/C15H26N2O2/c18-15(19)13-16-9-6-10-17(12-11-16)14-7-4-2-1-3-5-8-14/h4,7,14H,1-3,5-6,8-13H2,(H,18,19)/b7-4+. The molecule has 0 bridgehead atoms. The van der Waals surface area contributed by atoms with Crippen molar-refractivity contribution in [3.8, 4) is 0 Å². The SMILES string of the molecule is O=C(O)CN1CCCN(C2/C=C/CCCCC2)CC1. The van der Waals surface area contributed by atoms with E-state index in [1.165, 1.54) is 32.1 Å². The van der Waals surface area contributed by atoms with Crippen molar-refractivity contribution in [2.45, 2.75) is 44.6 Å². The van der Waals surface area contributed by atoms with Gasteiger partial charge in [-0.2, -0.15) is 0 Å². The molecular weight excluding hydrogens is 240 g/mol. The molecule has 0 aromatic rings. The third-order valence-corrected chi connectivity index (χ3v) is 4.18. The summed E-state index contributed by atoms with van der Waals surface area (Å²) in [6.07, 6.45) is 12.3. The minimum absolute atomic E-state index is 0.189. The first-order chi connectivity index (χ1) is 9.25. The van der Waals surface area contributed by atoms with E-state index in [0.717, 1.165) is 32.6 Å². The number of carboxylic acid groups (broad SMARTS) is 1. The molecule has 0 spiro atoms. The number of hydrogen-bond acceptors (Lipinski definition) is 3. The van der Waals surface area contributed by atoms with E-state index in [9.17, 15) is 4.79 Å². The fourth-order valence-corrected chi connectivity index (χ4v) is 3.12. The van der Waals surface area contributed by atoms with E-state index in [2.05, 4.69) is 22.0 Å². The molecule has 1 aliphatic carbocycles. The Labute approximate surface area is 116 Å². The van der Waals surface area contributed by atoms with Gasteiger partial charge in [-0.25, -0.2) is 0 Å². The van der Waals surface area contributed by atoms with Gasteiger partial charge in [0.2, 0.25) is 0 Å². The molecule has 2 rings (SSSR count). The highest BCUT2D eigenvalue weighted by molar-refractivity contribution is 5.69. The lowest BCUT2D eigenvalue weighted by molar-refractivity contribution is -0.138. The maximum absolute atomic E-state index is 10.8. The number of carbonyl (C=O) groups is 1. The molecule has 4 heteroatoms. The molecule has 1 fully saturated rings. The molecule has 1 atom stereocenters. The predicted molar refractivity (Wildman–Crippen MR) is 76.3 cm³/mol. The molecule has 1 heterocycles. The molecule has 2 aliphatic rings. The monoisotopic (exact) mass is 266 g/mol. The largest absolute Gasteiger partial charge is 0.480 e. The average molecular weight is 266 g/mol. The second kappa shape index (κ2) is 7.65. The third kappa shape index (κ3) is 4.96. The Morgan fingerprint density at radius 1 is 1.11 bits per heavy atom. The van der Waals surface area contributed by atoms with Crippen LogP contribution in [0.5, 0.6) is 0 Å². The van der Waals surface area contributed by atoms with Gasteiger partial charge in [0.05, 0.1) is 6.54 Å². The maximum Gasteiger partial charge on any atom is 0.317 e. The van der Waals surface area contributed by atoms with Crippen LogP contribution in [-0.4, -0.2) is 59.6 Å². The van der Waals surface area contributed by atoms with E-state index in [1.807, 2.05) is 0 Å². The van der Waals surface area contributed by atoms with Gasteiger partial charge in [-0.3, -0.25) is 14.6 Å². The first kappa shape index (κ1) is 14.5. The zero-order chi connectivity index (χ0) is 13.5. The molecule has 108 valence electrons. The van der Waals surface area contributed by atoms with E-state index in [1.54, 1.807) is 0 Å². The van der Waals surface area contributed by atoms with Crippen LogP contribution in [0.4, 0.5) is 0 Å². The molecule has 0 radical (unpaired) electrons. The van der Waals surface area contributed by atoms with E-state index in [4.69, 9.17) is 5.11 Å². The van der Waals surface area contributed by atoms with Crippen LogP contribution in [-0.2, 0) is 4.79 Å². The number of nitrogens with zero attached hydrogens (tertiary/aromatic N) is 2. The molecule has 1 saturated heterocycles. The van der Waals surface area contributed by atoms with E-state index in [0.29, 0.717) is 6.04 Å². The summed E-state index contributed by atoms with van der Waals surface area (Å²) in [5.41, 5.74) is 0. The van der Waals surface area contributed by atoms with Crippen LogP contribution in [0.2, 0.25) is 0 Å². The highest BCUT2D eigenvalue weighted by Crippen LogP contribution is 2.18. The molecule has 0 amide bonds. The molecule has 4 nitrogen and oxygen atoms in total. The fourth-order valence-electron chi connectivity index (χ4n) is 3.12. The molecule has 1 N–H and O–H groups in total. The maximum atomic E-state index is 10.8. The quantitative estimate of drug-likeness (QED) is 0.793. The smallest absolute Gasteiger partial charge is 0.317 e. The Balaban J connectivity index is 1.86. The van der Waals surface area contributed by atoms with Gasteiger partial charge in [0, 0.05) is 25.7 Å². The molecule has 0 aromatic heterocycles. The summed E-state index contributed by atoms with van der Waals surface area (Å²) >= 11 is 0. The minimum atomic E-state index is -0.709. The van der Waals surface area contributed by atoms with Gasteiger partial charge in [0.1, 0.15) is 0 Å². The number of aliphatic carboxylic acids is 1. The summed E-state index contributed by atoms with van der Waals surface area (Å²) in [5, 5.41) is 8.87. The van der Waals surface area contributed by atoms with Crippen LogP contribution in [0.1, 0.15) is 38.5 Å². The Morgan fingerprint density at radius 3 is 2.84 bits per heavy atom. The Hall–Kier alpha value is -0.870. The van der Waals surface area contributed by atoms with Crippen LogP contribution < -0.4 is 0 Å². The van der Waals surface area contributed by atoms with Crippen LogP contribution in [0.25, 0.3) is 0 Å². The predicted octanol–water partition coefficient (Wildman–Crippen LogP) is 1.97. The summed E-state index contributed by atoms with van der Waals surface area (Å²) in [4.78, 5) is 15.4. The molecule has 19 heavy (non-hydrogen) atoms. The molecular formula is C15H26N2O2. The zero-order valence-electron chi connectivity index (χ0n) is 11.8. The number of allylic oxidation sites excluding steroid dienone is 1. The molecule has 1 aliphatic heterocycles. The second-order valence-corrected chi connectivity index (χ2v) is 5.69. The van der Waals surface area contributed by atoms with Crippen molar-refractivity contribution in [1.29, 1.82) is 0 Å². The van der Waals surface area contributed by atoms with Crippen molar-refractivity contribution in [2.75, 3.05) is 32.7 Å². The minimum Gasteiger partial charge on any atom is -0.480 e. The lowest BCUT2D eigenvalue weighted by Gasteiger charge is -2.29. The van der Waals surface area contributed by atoms with Crippen molar-refractivity contribution in [3.63, 3.8) is 0 Å². The summed E-state index contributed by atoms with van der Waals surface area (Å²) in [7, 11) is 0. The average Bonchev–Trinajstić information content (AvgIpc) is 2.54. The second-order valence-electron chi connectivity index (χ2n) is 5.69. The van der Waals surface area contributed by atoms with Crippen LogP contribution in [0.3, 0.4) is 0 Å². The van der Waals surface area contributed by atoms with Crippen molar-refractivity contribution < 1.29 is 9.90 Å². The molecule has 0 saturated carbocycles. The summed E-state index contributed by atoms with van der Waals surface area (Å²) in [5.74, 6) is -0.709. The first-order valence-corrected chi connectivity index (χ1v) is 7.60. The fraction of sp³-hybridized carbons (Fsp3) is 0.800. The van der Waals surface area contributed by atoms with E-state index in [-0.39, 0.29) is 6.54 Å². The lowest BCUT2D eigenvalue weighted by Crippen LogP contribution is -2.38. The zero-order valence-corrected chi connectivity index (χ0v) is 11.8. The van der Waals surface area contributed by atoms with Crippen molar-refractivity contribution in [3.05, 3.63) is 12.2 Å². The van der Waals surface area contributed by atoms with Crippen molar-refractivity contribution in [2.24, 2.45) is 0 Å². The van der Waals surface area contributed by atoms with Gasteiger partial charge in [-0.05, 0) is 32.2 Å². The number of carboxylic acids is 1. The summed E-state index contributed by atoms with van der Waals surface area (Å²) in [6.45, 7) is 4.09. The first-order valence-electron chi connectivity index (χ1n) is 7.60. The van der Waals surface area contributed by atoms with Gasteiger partial charge in [0.25, 0.3) is 0 Å². The highest BCUT2D eigenvalue weighted by Gasteiger charge is 2.21. The van der Waals surface area contributed by atoms with Gasteiger partial charge < -0.3 is 5.11 Å². The summed E-state index contributed by atoms with van der Waals surface area (Å²) < 4.78 is 0. The van der Waals surface area contributed by atoms with Crippen LogP contribution in [0, 0.1) is 0 Å². The highest BCUT2D eigenvalue weighted by atomic mass is 16.4. The van der Waals surface area contributed by atoms with Crippen LogP contribution >= 0.6 is 0 Å². The normalized spacial score (nSPS) is 29.2. The number of hydrogen-bond donors (Lipinski definition) is 1. The van der Waals surface area contributed by atoms with Gasteiger partial charge in [0.15, 0.2) is 0 Å². The van der Waals surface area contributed by atoms with E-state index >= 15 is 0 Å². The topological polar surface area (TPSA) is 43.8 Å². The van der Waals surface area contributed by atoms with Crippen molar-refractivity contribution in [1.82, 2.24) is 9.80 Å². The molecule has 0 aromatic carbocycles. The Kier molecular flexibility index (Phi) is 5.86. The Bertz CT molecular complexity index is 317.